The SMILES string of the molecule is Cc1cc(Br)ccc1N1C(=O)NC(=O)/C(=C/c2ccc(OCc3ccc(F)cc3)cc2)C1=O. The van der Waals surface area contributed by atoms with Gasteiger partial charge in [-0.25, -0.2) is 14.1 Å². The van der Waals surface area contributed by atoms with Crippen LogP contribution >= 0.6 is 15.9 Å². The topological polar surface area (TPSA) is 75.7 Å². The lowest BCUT2D eigenvalue weighted by Crippen LogP contribution is -2.54. The third-order valence-corrected chi connectivity index (χ3v) is 5.50. The molecule has 0 spiro atoms. The first-order valence-corrected chi connectivity index (χ1v) is 10.8. The molecule has 6 nitrogen and oxygen atoms in total. The Labute approximate surface area is 197 Å². The normalized spacial score (nSPS) is 15.1. The van der Waals surface area contributed by atoms with E-state index in [0.717, 1.165) is 14.9 Å². The molecule has 0 radical (unpaired) electrons. The number of hydrogen-bond donors (Lipinski definition) is 1. The summed E-state index contributed by atoms with van der Waals surface area (Å²) in [6.07, 6.45) is 1.43. The van der Waals surface area contributed by atoms with E-state index in [1.54, 1.807) is 61.5 Å². The van der Waals surface area contributed by atoms with Crippen molar-refractivity contribution in [2.45, 2.75) is 13.5 Å². The van der Waals surface area contributed by atoms with Crippen LogP contribution in [0.3, 0.4) is 0 Å². The van der Waals surface area contributed by atoms with Gasteiger partial charge in [0.2, 0.25) is 0 Å². The maximum absolute atomic E-state index is 13.1. The molecular weight excluding hydrogens is 491 g/mol. The van der Waals surface area contributed by atoms with Crippen LogP contribution in [0.15, 0.2) is 76.8 Å². The van der Waals surface area contributed by atoms with Crippen molar-refractivity contribution in [1.29, 1.82) is 0 Å². The van der Waals surface area contributed by atoms with Crippen LogP contribution in [0.4, 0.5) is 14.9 Å². The molecule has 0 saturated carbocycles. The maximum atomic E-state index is 13.1. The number of nitrogens with zero attached hydrogens (tertiary/aromatic N) is 1. The van der Waals surface area contributed by atoms with Gasteiger partial charge in [0.25, 0.3) is 11.8 Å². The van der Waals surface area contributed by atoms with Crippen molar-refractivity contribution in [3.05, 3.63) is 99.3 Å². The summed E-state index contributed by atoms with van der Waals surface area (Å²) >= 11 is 3.35. The molecule has 8 heteroatoms. The molecule has 1 aliphatic heterocycles. The zero-order chi connectivity index (χ0) is 23.5. The zero-order valence-electron chi connectivity index (χ0n) is 17.5. The average molecular weight is 509 g/mol. The number of carbonyl (C=O) groups excluding carboxylic acids is 3. The van der Waals surface area contributed by atoms with Crippen molar-refractivity contribution in [3.63, 3.8) is 0 Å². The molecule has 33 heavy (non-hydrogen) atoms. The number of rotatable bonds is 5. The molecule has 166 valence electrons. The molecule has 1 aliphatic rings. The molecule has 4 rings (SSSR count). The van der Waals surface area contributed by atoms with Crippen LogP contribution in [-0.2, 0) is 16.2 Å². The molecule has 1 saturated heterocycles. The summed E-state index contributed by atoms with van der Waals surface area (Å²) in [5, 5.41) is 2.22. The predicted octanol–water partition coefficient (Wildman–Crippen LogP) is 5.14. The summed E-state index contributed by atoms with van der Waals surface area (Å²) in [7, 11) is 0. The fourth-order valence-electron chi connectivity index (χ4n) is 3.32. The fourth-order valence-corrected chi connectivity index (χ4v) is 3.80. The number of imide groups is 2. The molecule has 3 aromatic carbocycles. The van der Waals surface area contributed by atoms with Crippen LogP contribution in [0.5, 0.6) is 5.75 Å². The Balaban J connectivity index is 1.53. The lowest BCUT2D eigenvalue weighted by molar-refractivity contribution is -0.122. The first-order valence-electron chi connectivity index (χ1n) is 9.97. The number of hydrogen-bond acceptors (Lipinski definition) is 4. The first-order chi connectivity index (χ1) is 15.8. The number of ether oxygens (including phenoxy) is 1. The van der Waals surface area contributed by atoms with E-state index in [9.17, 15) is 18.8 Å². The van der Waals surface area contributed by atoms with Crippen LogP contribution < -0.4 is 15.0 Å². The molecule has 3 aromatic rings. The summed E-state index contributed by atoms with van der Waals surface area (Å²) in [6.45, 7) is 2.04. The molecule has 1 heterocycles. The Morgan fingerprint density at radius 2 is 1.70 bits per heavy atom. The number of nitrogens with one attached hydrogen (secondary N) is 1. The first kappa shape index (κ1) is 22.4. The Kier molecular flexibility index (Phi) is 6.37. The average Bonchev–Trinajstić information content (AvgIpc) is 2.78. The molecular formula is C25H18BrFN2O4. The van der Waals surface area contributed by atoms with Crippen molar-refractivity contribution in [1.82, 2.24) is 5.32 Å². The second-order valence-electron chi connectivity index (χ2n) is 7.37. The summed E-state index contributed by atoms with van der Waals surface area (Å²) in [5.41, 5.74) is 2.34. The monoisotopic (exact) mass is 508 g/mol. The summed E-state index contributed by atoms with van der Waals surface area (Å²) in [4.78, 5) is 38.8. The van der Waals surface area contributed by atoms with Crippen molar-refractivity contribution in [2.75, 3.05) is 4.90 Å². The van der Waals surface area contributed by atoms with Gasteiger partial charge < -0.3 is 4.74 Å². The predicted molar refractivity (Wildman–Crippen MR) is 125 cm³/mol. The number of amides is 4. The highest BCUT2D eigenvalue weighted by Crippen LogP contribution is 2.28. The Hall–Kier alpha value is -3.78. The number of urea groups is 1. The molecule has 0 bridgehead atoms. The number of aryl methyl sites for hydroxylation is 1. The quantitative estimate of drug-likeness (QED) is 0.382. The largest absolute Gasteiger partial charge is 0.489 e. The van der Waals surface area contributed by atoms with Gasteiger partial charge in [0.1, 0.15) is 23.7 Å². The summed E-state index contributed by atoms with van der Waals surface area (Å²) < 4.78 is 19.5. The fraction of sp³-hybridized carbons (Fsp3) is 0.0800. The van der Waals surface area contributed by atoms with Crippen LogP contribution in [0.1, 0.15) is 16.7 Å². The molecule has 1 fully saturated rings. The van der Waals surface area contributed by atoms with Gasteiger partial charge in [-0.1, -0.05) is 40.2 Å². The van der Waals surface area contributed by atoms with Crippen molar-refractivity contribution in [3.8, 4) is 5.75 Å². The van der Waals surface area contributed by atoms with E-state index >= 15 is 0 Å². The van der Waals surface area contributed by atoms with Crippen molar-refractivity contribution >= 4 is 45.5 Å². The molecule has 0 aliphatic carbocycles. The van der Waals surface area contributed by atoms with Crippen LogP contribution in [0, 0.1) is 12.7 Å². The van der Waals surface area contributed by atoms with Crippen LogP contribution in [0.2, 0.25) is 0 Å². The van der Waals surface area contributed by atoms with Crippen molar-refractivity contribution < 1.29 is 23.5 Å². The highest BCUT2D eigenvalue weighted by molar-refractivity contribution is 9.10. The van der Waals surface area contributed by atoms with Gasteiger partial charge in [-0.15, -0.1) is 0 Å². The molecule has 0 unspecified atom stereocenters. The second kappa shape index (κ2) is 9.38. The number of carbonyl (C=O) groups is 3. The molecule has 0 aromatic heterocycles. The molecule has 1 N–H and O–H groups in total. The highest BCUT2D eigenvalue weighted by atomic mass is 79.9. The van der Waals surface area contributed by atoms with Gasteiger partial charge in [0.15, 0.2) is 0 Å². The van der Waals surface area contributed by atoms with Crippen LogP contribution in [-0.4, -0.2) is 17.8 Å². The maximum Gasteiger partial charge on any atom is 0.335 e. The minimum absolute atomic E-state index is 0.156. The van der Waals surface area contributed by atoms with Gasteiger partial charge >= 0.3 is 6.03 Å². The smallest absolute Gasteiger partial charge is 0.335 e. The van der Waals surface area contributed by atoms with Crippen molar-refractivity contribution in [2.24, 2.45) is 0 Å². The van der Waals surface area contributed by atoms with E-state index in [1.807, 2.05) is 0 Å². The third-order valence-electron chi connectivity index (χ3n) is 5.01. The van der Waals surface area contributed by atoms with E-state index in [2.05, 4.69) is 21.2 Å². The third kappa shape index (κ3) is 5.01. The van der Waals surface area contributed by atoms with E-state index < -0.39 is 17.8 Å². The van der Waals surface area contributed by atoms with Gasteiger partial charge in [0, 0.05) is 4.47 Å². The Morgan fingerprint density at radius 3 is 2.36 bits per heavy atom. The van der Waals surface area contributed by atoms with E-state index in [-0.39, 0.29) is 18.0 Å². The highest BCUT2D eigenvalue weighted by Gasteiger charge is 2.37. The number of halogens is 2. The standard InChI is InChI=1S/C25H18BrFN2O4/c1-15-12-18(26)6-11-22(15)29-24(31)21(23(30)28-25(29)32)13-16-4-9-20(10-5-16)33-14-17-2-7-19(27)8-3-17/h2-13H,14H2,1H3,(H,28,30,32)/b21-13-. The zero-order valence-corrected chi connectivity index (χ0v) is 19.1. The Bertz CT molecular complexity index is 1270. The minimum atomic E-state index is -0.794. The summed E-state index contributed by atoms with van der Waals surface area (Å²) in [6, 6.07) is 17.1. The van der Waals surface area contributed by atoms with E-state index in [0.29, 0.717) is 22.6 Å². The van der Waals surface area contributed by atoms with Gasteiger partial charge in [-0.05, 0) is 72.2 Å². The minimum Gasteiger partial charge on any atom is -0.489 e. The van der Waals surface area contributed by atoms with Crippen LogP contribution in [0.25, 0.3) is 6.08 Å². The van der Waals surface area contributed by atoms with Gasteiger partial charge in [-0.2, -0.15) is 0 Å². The van der Waals surface area contributed by atoms with E-state index in [1.165, 1.54) is 18.2 Å². The summed E-state index contributed by atoms with van der Waals surface area (Å²) in [5.74, 6) is -1.20. The lowest BCUT2D eigenvalue weighted by atomic mass is 10.1. The Morgan fingerprint density at radius 1 is 1.00 bits per heavy atom. The van der Waals surface area contributed by atoms with Gasteiger partial charge in [-0.3, -0.25) is 14.9 Å². The van der Waals surface area contributed by atoms with E-state index in [4.69, 9.17) is 4.74 Å². The molecule has 4 amide bonds. The van der Waals surface area contributed by atoms with Gasteiger partial charge in [0.05, 0.1) is 5.69 Å². The number of benzene rings is 3. The molecule has 0 atom stereocenters. The lowest BCUT2D eigenvalue weighted by Gasteiger charge is -2.27. The second-order valence-corrected chi connectivity index (χ2v) is 8.29. The number of anilines is 1. The number of barbiturate groups is 1.